The highest BCUT2D eigenvalue weighted by molar-refractivity contribution is 6.07. The number of carbonyl (C=O) groups is 2. The van der Waals surface area contributed by atoms with Crippen molar-refractivity contribution in [3.05, 3.63) is 60.2 Å². The monoisotopic (exact) mass is 443 g/mol. The molecule has 4 rings (SSSR count). The Morgan fingerprint density at radius 1 is 0.968 bits per heavy atom. The van der Waals surface area contributed by atoms with Gasteiger partial charge in [-0.15, -0.1) is 12.4 Å². The number of hydrogen-bond donors (Lipinski definition) is 1. The van der Waals surface area contributed by atoms with Crippen LogP contribution in [-0.2, 0) is 11.3 Å². The number of piperidine rings is 1. The number of urea groups is 1. The van der Waals surface area contributed by atoms with E-state index in [4.69, 9.17) is 4.74 Å². The average Bonchev–Trinajstić information content (AvgIpc) is 2.99. The molecule has 6 nitrogen and oxygen atoms in total. The van der Waals surface area contributed by atoms with Crippen molar-refractivity contribution in [2.75, 3.05) is 19.6 Å². The fourth-order valence-electron chi connectivity index (χ4n) is 4.35. The number of para-hydroxylation sites is 1. The molecule has 2 aliphatic heterocycles. The molecule has 2 aromatic carbocycles. The van der Waals surface area contributed by atoms with E-state index in [0.29, 0.717) is 19.4 Å². The lowest BCUT2D eigenvalue weighted by molar-refractivity contribution is -0.129. The van der Waals surface area contributed by atoms with Crippen molar-refractivity contribution in [1.82, 2.24) is 15.1 Å². The number of carbonyl (C=O) groups excluding carboxylic acids is 2. The predicted molar refractivity (Wildman–Crippen MR) is 123 cm³/mol. The van der Waals surface area contributed by atoms with E-state index < -0.39 is 5.54 Å². The maximum atomic E-state index is 12.6. The van der Waals surface area contributed by atoms with E-state index >= 15 is 0 Å². The molecule has 3 amide bonds. The number of nitrogens with zero attached hydrogens (tertiary/aromatic N) is 2. The zero-order valence-electron chi connectivity index (χ0n) is 17.9. The largest absolute Gasteiger partial charge is 0.457 e. The fraction of sp³-hybridized carbons (Fsp3) is 0.417. The summed E-state index contributed by atoms with van der Waals surface area (Å²) in [4.78, 5) is 29.0. The van der Waals surface area contributed by atoms with Gasteiger partial charge in [0, 0.05) is 26.2 Å². The van der Waals surface area contributed by atoms with E-state index in [0.717, 1.165) is 44.0 Å². The minimum Gasteiger partial charge on any atom is -0.457 e. The second-order valence-corrected chi connectivity index (χ2v) is 8.13. The van der Waals surface area contributed by atoms with Gasteiger partial charge in [0.1, 0.15) is 17.0 Å². The van der Waals surface area contributed by atoms with Crippen molar-refractivity contribution in [3.63, 3.8) is 0 Å². The summed E-state index contributed by atoms with van der Waals surface area (Å²) in [6.07, 6.45) is 3.29. The van der Waals surface area contributed by atoms with Crippen LogP contribution in [0.3, 0.4) is 0 Å². The molecule has 0 radical (unpaired) electrons. The minimum atomic E-state index is -0.657. The molecule has 0 saturated carbocycles. The van der Waals surface area contributed by atoms with Crippen LogP contribution in [0.2, 0.25) is 0 Å². The van der Waals surface area contributed by atoms with Crippen LogP contribution in [0.4, 0.5) is 4.79 Å². The van der Waals surface area contributed by atoms with Crippen LogP contribution in [0.25, 0.3) is 0 Å². The highest BCUT2D eigenvalue weighted by Gasteiger charge is 2.53. The van der Waals surface area contributed by atoms with Crippen LogP contribution in [0, 0.1) is 0 Å². The van der Waals surface area contributed by atoms with Crippen molar-refractivity contribution in [2.45, 2.75) is 44.7 Å². The number of halogens is 1. The van der Waals surface area contributed by atoms with Crippen LogP contribution in [0.5, 0.6) is 11.5 Å². The third-order valence-electron chi connectivity index (χ3n) is 6.13. The number of nitrogens with one attached hydrogen (secondary N) is 1. The Hall–Kier alpha value is -2.57. The number of likely N-dealkylation sites (tertiary alicyclic amines) is 1. The summed E-state index contributed by atoms with van der Waals surface area (Å²) < 4.78 is 5.86. The van der Waals surface area contributed by atoms with Crippen molar-refractivity contribution in [1.29, 1.82) is 0 Å². The Bertz CT molecular complexity index is 881. The Labute approximate surface area is 190 Å². The van der Waals surface area contributed by atoms with Crippen LogP contribution < -0.4 is 10.1 Å². The molecule has 2 aromatic rings. The Morgan fingerprint density at radius 3 is 2.26 bits per heavy atom. The van der Waals surface area contributed by atoms with Crippen LogP contribution in [0.15, 0.2) is 54.6 Å². The maximum absolute atomic E-state index is 12.6. The van der Waals surface area contributed by atoms with Crippen LogP contribution >= 0.6 is 12.4 Å². The number of benzene rings is 2. The number of imide groups is 1. The van der Waals surface area contributed by atoms with Crippen LogP contribution in [-0.4, -0.2) is 46.9 Å². The summed E-state index contributed by atoms with van der Waals surface area (Å²) >= 11 is 0. The first-order valence-electron chi connectivity index (χ1n) is 10.8. The molecule has 31 heavy (non-hydrogen) atoms. The third kappa shape index (κ3) is 5.02. The second-order valence-electron chi connectivity index (χ2n) is 8.13. The standard InChI is InChI=1S/C24H29N3O3.ClH/c1-2-3-15-27-23(29)25-22(28)24(27)13-16-26(17-14-24)18-19-9-11-21(12-10-19)30-20-7-5-4-6-8-20;/h4-12H,2-3,13-18H2,1H3,(H,25,28,29);1H. The quantitative estimate of drug-likeness (QED) is 0.636. The summed E-state index contributed by atoms with van der Waals surface area (Å²) in [5.41, 5.74) is 0.553. The summed E-state index contributed by atoms with van der Waals surface area (Å²) in [6.45, 7) is 5.17. The Balaban J connectivity index is 0.00000272. The van der Waals surface area contributed by atoms with E-state index in [9.17, 15) is 9.59 Å². The summed E-state index contributed by atoms with van der Waals surface area (Å²) in [6, 6.07) is 17.7. The Kier molecular flexibility index (Phi) is 7.57. The molecular weight excluding hydrogens is 414 g/mol. The molecule has 0 bridgehead atoms. The summed E-state index contributed by atoms with van der Waals surface area (Å²) in [7, 11) is 0. The third-order valence-corrected chi connectivity index (χ3v) is 6.13. The number of amides is 3. The number of hydrogen-bond acceptors (Lipinski definition) is 4. The van der Waals surface area contributed by atoms with Gasteiger partial charge in [0.15, 0.2) is 0 Å². The van der Waals surface area contributed by atoms with E-state index in [1.807, 2.05) is 42.5 Å². The molecule has 0 atom stereocenters. The van der Waals surface area contributed by atoms with Gasteiger partial charge in [0.25, 0.3) is 5.91 Å². The lowest BCUT2D eigenvalue weighted by Crippen LogP contribution is -2.56. The molecule has 1 spiro atoms. The van der Waals surface area contributed by atoms with Crippen molar-refractivity contribution in [3.8, 4) is 11.5 Å². The van der Waals surface area contributed by atoms with Crippen LogP contribution in [0.1, 0.15) is 38.2 Å². The minimum absolute atomic E-state index is 0. The molecule has 0 unspecified atom stereocenters. The zero-order chi connectivity index (χ0) is 21.0. The first-order chi connectivity index (χ1) is 14.6. The molecule has 0 aromatic heterocycles. The fourth-order valence-corrected chi connectivity index (χ4v) is 4.35. The zero-order valence-corrected chi connectivity index (χ0v) is 18.7. The van der Waals surface area contributed by atoms with E-state index in [2.05, 4.69) is 29.3 Å². The predicted octanol–water partition coefficient (Wildman–Crippen LogP) is 4.59. The molecule has 166 valence electrons. The van der Waals surface area contributed by atoms with Crippen molar-refractivity contribution >= 4 is 24.3 Å². The average molecular weight is 444 g/mol. The molecule has 7 heteroatoms. The molecule has 1 N–H and O–H groups in total. The van der Waals surface area contributed by atoms with Gasteiger partial charge in [-0.25, -0.2) is 4.79 Å². The maximum Gasteiger partial charge on any atom is 0.325 e. The topological polar surface area (TPSA) is 61.9 Å². The van der Waals surface area contributed by atoms with Gasteiger partial charge in [0.2, 0.25) is 0 Å². The van der Waals surface area contributed by atoms with Crippen molar-refractivity contribution < 1.29 is 14.3 Å². The first-order valence-corrected chi connectivity index (χ1v) is 10.8. The van der Waals surface area contributed by atoms with Gasteiger partial charge in [-0.05, 0) is 49.1 Å². The van der Waals surface area contributed by atoms with Gasteiger partial charge < -0.3 is 9.64 Å². The molecule has 2 heterocycles. The van der Waals surface area contributed by atoms with Gasteiger partial charge in [-0.2, -0.15) is 0 Å². The lowest BCUT2D eigenvalue weighted by atomic mass is 9.85. The second kappa shape index (κ2) is 10.2. The van der Waals surface area contributed by atoms with Gasteiger partial charge in [0.05, 0.1) is 0 Å². The van der Waals surface area contributed by atoms with Gasteiger partial charge >= 0.3 is 6.03 Å². The molecule has 2 aliphatic rings. The number of rotatable bonds is 7. The summed E-state index contributed by atoms with van der Waals surface area (Å²) in [5, 5.41) is 2.54. The molecular formula is C24H30ClN3O3. The number of ether oxygens (including phenoxy) is 1. The first kappa shape index (κ1) is 23.1. The van der Waals surface area contributed by atoms with E-state index in [-0.39, 0.29) is 24.3 Å². The van der Waals surface area contributed by atoms with Crippen molar-refractivity contribution in [2.24, 2.45) is 0 Å². The SMILES string of the molecule is CCCCN1C(=O)NC(=O)C12CCN(Cc1ccc(Oc3ccccc3)cc1)CC2.Cl. The van der Waals surface area contributed by atoms with Gasteiger partial charge in [-0.3, -0.25) is 15.0 Å². The number of unbranched alkanes of at least 4 members (excludes halogenated alkanes) is 1. The normalized spacial score (nSPS) is 18.0. The van der Waals surface area contributed by atoms with Gasteiger partial charge in [-0.1, -0.05) is 43.7 Å². The Morgan fingerprint density at radius 2 is 1.61 bits per heavy atom. The smallest absolute Gasteiger partial charge is 0.325 e. The highest BCUT2D eigenvalue weighted by Crippen LogP contribution is 2.34. The van der Waals surface area contributed by atoms with E-state index in [1.54, 1.807) is 4.90 Å². The summed E-state index contributed by atoms with van der Waals surface area (Å²) in [5.74, 6) is 1.52. The molecule has 2 saturated heterocycles. The molecule has 2 fully saturated rings. The molecule has 0 aliphatic carbocycles. The van der Waals surface area contributed by atoms with E-state index in [1.165, 1.54) is 5.56 Å². The highest BCUT2D eigenvalue weighted by atomic mass is 35.5. The lowest BCUT2D eigenvalue weighted by Gasteiger charge is -2.42.